The minimum Gasteiger partial charge on any atom is -0.0593 e. The molecule has 2 aromatic rings. The van der Waals surface area contributed by atoms with Gasteiger partial charge in [0.05, 0.1) is 0 Å². The standard InChI is InChI=1S/C17H19Br/c1-16(2,3)17(4)10-13-7-12-8-14(18)6-5-11(12)9-15(13)17/h5-9H,10H2,1-4H3. The summed E-state index contributed by atoms with van der Waals surface area (Å²) in [5.74, 6) is 0. The van der Waals surface area contributed by atoms with Crippen molar-refractivity contribution in [3.63, 3.8) is 0 Å². The van der Waals surface area contributed by atoms with Gasteiger partial charge in [-0.3, -0.25) is 0 Å². The molecule has 0 fully saturated rings. The molecule has 0 nitrogen and oxygen atoms in total. The van der Waals surface area contributed by atoms with E-state index in [4.69, 9.17) is 0 Å². The fourth-order valence-electron chi connectivity index (χ4n) is 3.01. The molecule has 0 N–H and O–H groups in total. The topological polar surface area (TPSA) is 0 Å². The Morgan fingerprint density at radius 3 is 2.44 bits per heavy atom. The first-order valence-corrected chi connectivity index (χ1v) is 7.33. The molecule has 1 aliphatic carbocycles. The first kappa shape index (κ1) is 12.2. The maximum absolute atomic E-state index is 3.55. The maximum Gasteiger partial charge on any atom is 0.0181 e. The van der Waals surface area contributed by atoms with Crippen LogP contribution in [0.4, 0.5) is 0 Å². The highest BCUT2D eigenvalue weighted by atomic mass is 79.9. The van der Waals surface area contributed by atoms with Crippen molar-refractivity contribution in [2.24, 2.45) is 5.41 Å². The van der Waals surface area contributed by atoms with Gasteiger partial charge in [0.25, 0.3) is 0 Å². The van der Waals surface area contributed by atoms with Gasteiger partial charge in [-0.2, -0.15) is 0 Å². The highest BCUT2D eigenvalue weighted by Crippen LogP contribution is 2.53. The lowest BCUT2D eigenvalue weighted by Crippen LogP contribution is -2.46. The fraction of sp³-hybridized carbons (Fsp3) is 0.412. The summed E-state index contributed by atoms with van der Waals surface area (Å²) in [5, 5.41) is 2.70. The smallest absolute Gasteiger partial charge is 0.0181 e. The summed E-state index contributed by atoms with van der Waals surface area (Å²) in [6, 6.07) is 11.3. The van der Waals surface area contributed by atoms with E-state index in [-0.39, 0.29) is 0 Å². The van der Waals surface area contributed by atoms with Gasteiger partial charge in [0.2, 0.25) is 0 Å². The molecule has 0 heterocycles. The van der Waals surface area contributed by atoms with Crippen LogP contribution in [0.15, 0.2) is 34.8 Å². The van der Waals surface area contributed by atoms with Crippen LogP contribution in [0, 0.1) is 5.41 Å². The second-order valence-corrected chi connectivity index (χ2v) is 7.68. The molecule has 0 bridgehead atoms. The Balaban J connectivity index is 2.19. The molecule has 94 valence electrons. The average Bonchev–Trinajstić information content (AvgIpc) is 2.25. The summed E-state index contributed by atoms with van der Waals surface area (Å²) in [6.45, 7) is 9.45. The molecule has 1 heteroatoms. The Kier molecular flexibility index (Phi) is 2.45. The third kappa shape index (κ3) is 1.56. The number of hydrogen-bond donors (Lipinski definition) is 0. The quantitative estimate of drug-likeness (QED) is 0.606. The molecule has 0 radical (unpaired) electrons. The monoisotopic (exact) mass is 302 g/mol. The predicted octanol–water partition coefficient (Wildman–Crippen LogP) is 5.46. The predicted molar refractivity (Wildman–Crippen MR) is 82.2 cm³/mol. The van der Waals surface area contributed by atoms with E-state index < -0.39 is 0 Å². The minimum atomic E-state index is 0.322. The molecule has 1 aliphatic rings. The van der Waals surface area contributed by atoms with Crippen molar-refractivity contribution in [2.75, 3.05) is 0 Å². The lowest BCUT2D eigenvalue weighted by Gasteiger charge is -2.51. The van der Waals surface area contributed by atoms with Gasteiger partial charge in [0.1, 0.15) is 0 Å². The molecule has 1 unspecified atom stereocenters. The van der Waals surface area contributed by atoms with Crippen LogP contribution in [0.1, 0.15) is 38.8 Å². The molecular formula is C17H19Br. The summed E-state index contributed by atoms with van der Waals surface area (Å²) in [4.78, 5) is 0. The highest BCUT2D eigenvalue weighted by molar-refractivity contribution is 9.10. The molecular weight excluding hydrogens is 284 g/mol. The second-order valence-electron chi connectivity index (χ2n) is 6.76. The van der Waals surface area contributed by atoms with Crippen LogP contribution in [0.2, 0.25) is 0 Å². The van der Waals surface area contributed by atoms with E-state index in [0.717, 1.165) is 4.47 Å². The Labute approximate surface area is 118 Å². The average molecular weight is 303 g/mol. The van der Waals surface area contributed by atoms with Crippen LogP contribution in [0.3, 0.4) is 0 Å². The molecule has 18 heavy (non-hydrogen) atoms. The molecule has 0 amide bonds. The molecule has 1 atom stereocenters. The summed E-state index contributed by atoms with van der Waals surface area (Å²) in [7, 11) is 0. The number of fused-ring (bicyclic) bond motifs is 2. The van der Waals surface area contributed by atoms with Crippen molar-refractivity contribution in [1.82, 2.24) is 0 Å². The molecule has 0 saturated carbocycles. The van der Waals surface area contributed by atoms with Gasteiger partial charge in [-0.25, -0.2) is 0 Å². The highest BCUT2D eigenvalue weighted by Gasteiger charge is 2.46. The third-order valence-electron chi connectivity index (χ3n) is 4.82. The molecule has 0 aliphatic heterocycles. The first-order chi connectivity index (χ1) is 8.31. The Hall–Kier alpha value is -0.820. The van der Waals surface area contributed by atoms with Gasteiger partial charge in [0, 0.05) is 9.89 Å². The lowest BCUT2D eigenvalue weighted by molar-refractivity contribution is 0.173. The van der Waals surface area contributed by atoms with Crippen molar-refractivity contribution in [3.8, 4) is 0 Å². The zero-order chi connectivity index (χ0) is 13.1. The lowest BCUT2D eigenvalue weighted by atomic mass is 9.53. The minimum absolute atomic E-state index is 0.322. The van der Waals surface area contributed by atoms with E-state index in [0.29, 0.717) is 10.8 Å². The maximum atomic E-state index is 3.55. The second kappa shape index (κ2) is 3.60. The first-order valence-electron chi connectivity index (χ1n) is 6.54. The van der Waals surface area contributed by atoms with Crippen LogP contribution in [-0.4, -0.2) is 0 Å². The van der Waals surface area contributed by atoms with Gasteiger partial charge in [-0.1, -0.05) is 61.8 Å². The zero-order valence-corrected chi connectivity index (χ0v) is 13.1. The molecule has 0 saturated heterocycles. The van der Waals surface area contributed by atoms with Crippen LogP contribution in [-0.2, 0) is 11.8 Å². The van der Waals surface area contributed by atoms with Crippen LogP contribution < -0.4 is 0 Å². The number of halogens is 1. The van der Waals surface area contributed by atoms with Gasteiger partial charge in [-0.05, 0) is 45.9 Å². The van der Waals surface area contributed by atoms with Crippen LogP contribution >= 0.6 is 15.9 Å². The van der Waals surface area contributed by atoms with E-state index in [2.05, 4.69) is 74.0 Å². The van der Waals surface area contributed by atoms with Crippen molar-refractivity contribution < 1.29 is 0 Å². The summed E-state index contributed by atoms with van der Waals surface area (Å²) < 4.78 is 1.16. The summed E-state index contributed by atoms with van der Waals surface area (Å²) >= 11 is 3.55. The number of benzene rings is 2. The third-order valence-corrected chi connectivity index (χ3v) is 5.31. The van der Waals surface area contributed by atoms with Crippen LogP contribution in [0.25, 0.3) is 10.8 Å². The van der Waals surface area contributed by atoms with Crippen molar-refractivity contribution >= 4 is 26.7 Å². The van der Waals surface area contributed by atoms with E-state index >= 15 is 0 Å². The number of rotatable bonds is 0. The van der Waals surface area contributed by atoms with Gasteiger partial charge in [0.15, 0.2) is 0 Å². The number of hydrogen-bond acceptors (Lipinski definition) is 0. The Bertz CT molecular complexity index is 634. The van der Waals surface area contributed by atoms with Crippen LogP contribution in [0.5, 0.6) is 0 Å². The molecule has 0 aromatic heterocycles. The van der Waals surface area contributed by atoms with Gasteiger partial charge < -0.3 is 0 Å². The van der Waals surface area contributed by atoms with E-state index in [1.807, 2.05) is 0 Å². The Morgan fingerprint density at radius 1 is 1.06 bits per heavy atom. The van der Waals surface area contributed by atoms with Crippen molar-refractivity contribution in [2.45, 2.75) is 39.5 Å². The van der Waals surface area contributed by atoms with E-state index in [9.17, 15) is 0 Å². The van der Waals surface area contributed by atoms with Crippen molar-refractivity contribution in [1.29, 1.82) is 0 Å². The zero-order valence-electron chi connectivity index (χ0n) is 11.5. The van der Waals surface area contributed by atoms with Gasteiger partial charge in [-0.15, -0.1) is 0 Å². The summed E-state index contributed by atoms with van der Waals surface area (Å²) in [6.07, 6.45) is 1.20. The normalized spacial score (nSPS) is 22.7. The fourth-order valence-corrected chi connectivity index (χ4v) is 3.39. The SMILES string of the molecule is CC(C)(C)C1(C)Cc2cc3cc(Br)ccc3cc21. The van der Waals surface area contributed by atoms with E-state index in [1.54, 1.807) is 5.56 Å². The largest absolute Gasteiger partial charge is 0.0593 e. The summed E-state index contributed by atoms with van der Waals surface area (Å²) in [5.41, 5.74) is 3.72. The molecule has 2 aromatic carbocycles. The van der Waals surface area contributed by atoms with Crippen molar-refractivity contribution in [3.05, 3.63) is 45.9 Å². The van der Waals surface area contributed by atoms with E-state index in [1.165, 1.54) is 22.8 Å². The molecule has 3 rings (SSSR count). The molecule has 0 spiro atoms. The Morgan fingerprint density at radius 2 is 1.78 bits per heavy atom. The van der Waals surface area contributed by atoms with Gasteiger partial charge >= 0.3 is 0 Å².